The molecular formula is C14H11N5O. The molecule has 0 aliphatic heterocycles. The average molecular weight is 265 g/mol. The lowest BCUT2D eigenvalue weighted by molar-refractivity contribution is 0.222. The molecule has 0 bridgehead atoms. The van der Waals surface area contributed by atoms with Gasteiger partial charge in [-0.2, -0.15) is 15.3 Å². The first-order chi connectivity index (χ1) is 9.76. The Morgan fingerprint density at radius 2 is 2.05 bits per heavy atom. The molecule has 0 saturated heterocycles. The summed E-state index contributed by atoms with van der Waals surface area (Å²) in [7, 11) is 0. The average Bonchev–Trinajstić information content (AvgIpc) is 2.95. The largest absolute Gasteiger partial charge is 0.484 e. The van der Waals surface area contributed by atoms with Crippen molar-refractivity contribution < 1.29 is 4.74 Å². The zero-order valence-electron chi connectivity index (χ0n) is 10.8. The summed E-state index contributed by atoms with van der Waals surface area (Å²) in [5.74, 6) is 1.23. The van der Waals surface area contributed by atoms with Crippen molar-refractivity contribution >= 4 is 5.78 Å². The van der Waals surface area contributed by atoms with Gasteiger partial charge in [-0.15, -0.1) is 0 Å². The van der Waals surface area contributed by atoms with E-state index in [0.717, 1.165) is 5.69 Å². The van der Waals surface area contributed by atoms with E-state index in [1.165, 1.54) is 6.33 Å². The Kier molecular flexibility index (Phi) is 3.01. The highest BCUT2D eigenvalue weighted by Crippen LogP contribution is 2.20. The van der Waals surface area contributed by atoms with Crippen LogP contribution in [-0.4, -0.2) is 19.6 Å². The number of nitriles is 1. The monoisotopic (exact) mass is 265 g/mol. The van der Waals surface area contributed by atoms with Gasteiger partial charge in [0.15, 0.2) is 0 Å². The molecule has 0 radical (unpaired) electrons. The molecule has 98 valence electrons. The van der Waals surface area contributed by atoms with Gasteiger partial charge in [-0.05, 0) is 37.3 Å². The normalized spacial score (nSPS) is 12.0. The predicted octanol–water partition coefficient (Wildman–Crippen LogP) is 2.14. The van der Waals surface area contributed by atoms with Gasteiger partial charge in [0.25, 0.3) is 5.78 Å². The molecule has 0 aliphatic carbocycles. The van der Waals surface area contributed by atoms with Crippen molar-refractivity contribution in [2.45, 2.75) is 13.0 Å². The minimum Gasteiger partial charge on any atom is -0.484 e. The molecule has 1 atom stereocenters. The van der Waals surface area contributed by atoms with Crippen LogP contribution >= 0.6 is 0 Å². The van der Waals surface area contributed by atoms with Gasteiger partial charge >= 0.3 is 0 Å². The van der Waals surface area contributed by atoms with Crippen molar-refractivity contribution in [2.75, 3.05) is 0 Å². The Bertz CT molecular complexity index is 772. The third kappa shape index (κ3) is 2.29. The highest BCUT2D eigenvalue weighted by atomic mass is 16.5. The third-order valence-electron chi connectivity index (χ3n) is 2.88. The maximum absolute atomic E-state index is 8.75. The van der Waals surface area contributed by atoms with Crippen molar-refractivity contribution in [3.63, 3.8) is 0 Å². The number of rotatable bonds is 3. The third-order valence-corrected chi connectivity index (χ3v) is 2.88. The van der Waals surface area contributed by atoms with Gasteiger partial charge in [0.1, 0.15) is 18.2 Å². The first kappa shape index (κ1) is 12.1. The highest BCUT2D eigenvalue weighted by molar-refractivity contribution is 5.35. The number of benzene rings is 1. The molecule has 0 saturated carbocycles. The molecule has 6 heteroatoms. The van der Waals surface area contributed by atoms with Crippen LogP contribution in [-0.2, 0) is 0 Å². The van der Waals surface area contributed by atoms with Crippen molar-refractivity contribution in [3.8, 4) is 11.8 Å². The summed E-state index contributed by atoms with van der Waals surface area (Å²) in [5.41, 5.74) is 1.38. The van der Waals surface area contributed by atoms with Gasteiger partial charge in [-0.25, -0.2) is 9.50 Å². The molecule has 3 rings (SSSR count). The number of ether oxygens (including phenoxy) is 1. The van der Waals surface area contributed by atoms with Crippen LogP contribution in [0, 0.1) is 11.3 Å². The van der Waals surface area contributed by atoms with Crippen LogP contribution in [0.5, 0.6) is 5.75 Å². The molecule has 3 aromatic rings. The smallest absolute Gasteiger partial charge is 0.252 e. The first-order valence-corrected chi connectivity index (χ1v) is 6.09. The van der Waals surface area contributed by atoms with Crippen molar-refractivity contribution in [2.24, 2.45) is 0 Å². The Labute approximate surface area is 115 Å². The predicted molar refractivity (Wildman–Crippen MR) is 71.0 cm³/mol. The van der Waals surface area contributed by atoms with Gasteiger partial charge in [0, 0.05) is 6.20 Å². The molecular weight excluding hydrogens is 254 g/mol. The summed E-state index contributed by atoms with van der Waals surface area (Å²) in [5, 5.41) is 12.7. The zero-order chi connectivity index (χ0) is 13.9. The fourth-order valence-corrected chi connectivity index (χ4v) is 1.83. The molecule has 0 N–H and O–H groups in total. The van der Waals surface area contributed by atoms with Gasteiger partial charge in [0.2, 0.25) is 0 Å². The summed E-state index contributed by atoms with van der Waals surface area (Å²) in [6.45, 7) is 1.91. The second kappa shape index (κ2) is 4.97. The lowest BCUT2D eigenvalue weighted by Gasteiger charge is -2.14. The summed E-state index contributed by atoms with van der Waals surface area (Å²) < 4.78 is 7.39. The number of aromatic nitrogens is 4. The van der Waals surface area contributed by atoms with E-state index < -0.39 is 0 Å². The quantitative estimate of drug-likeness (QED) is 0.725. The molecule has 0 amide bonds. The molecule has 1 unspecified atom stereocenters. The minimum atomic E-state index is -0.218. The van der Waals surface area contributed by atoms with E-state index in [0.29, 0.717) is 17.1 Å². The Morgan fingerprint density at radius 3 is 2.80 bits per heavy atom. The fourth-order valence-electron chi connectivity index (χ4n) is 1.83. The summed E-state index contributed by atoms with van der Waals surface area (Å²) in [6, 6.07) is 10.9. The van der Waals surface area contributed by atoms with Gasteiger partial charge in [0.05, 0.1) is 17.3 Å². The van der Waals surface area contributed by atoms with E-state index in [1.807, 2.05) is 13.0 Å². The van der Waals surface area contributed by atoms with E-state index in [9.17, 15) is 0 Å². The lowest BCUT2D eigenvalue weighted by atomic mass is 10.2. The van der Waals surface area contributed by atoms with E-state index in [2.05, 4.69) is 21.1 Å². The second-order valence-corrected chi connectivity index (χ2v) is 4.25. The summed E-state index contributed by atoms with van der Waals surface area (Å²) in [6.07, 6.45) is 3.03. The summed E-state index contributed by atoms with van der Waals surface area (Å²) in [4.78, 5) is 8.42. The molecule has 6 nitrogen and oxygen atoms in total. The number of nitrogens with zero attached hydrogens (tertiary/aromatic N) is 5. The SMILES string of the molecule is CC(Oc1ccc(C#N)cc1)c1ccn2ncnc2n1. The van der Waals surface area contributed by atoms with E-state index in [1.54, 1.807) is 35.0 Å². The zero-order valence-corrected chi connectivity index (χ0v) is 10.8. The van der Waals surface area contributed by atoms with Crippen LogP contribution in [0.15, 0.2) is 42.9 Å². The van der Waals surface area contributed by atoms with Gasteiger partial charge in [-0.3, -0.25) is 0 Å². The van der Waals surface area contributed by atoms with E-state index in [4.69, 9.17) is 10.00 Å². The Morgan fingerprint density at radius 1 is 1.25 bits per heavy atom. The van der Waals surface area contributed by atoms with E-state index >= 15 is 0 Å². The summed E-state index contributed by atoms with van der Waals surface area (Å²) >= 11 is 0. The van der Waals surface area contributed by atoms with Crippen LogP contribution in [0.2, 0.25) is 0 Å². The molecule has 0 fully saturated rings. The van der Waals surface area contributed by atoms with Gasteiger partial charge in [-0.1, -0.05) is 0 Å². The Hall–Kier alpha value is -2.94. The molecule has 0 aliphatic rings. The van der Waals surface area contributed by atoms with E-state index in [-0.39, 0.29) is 6.10 Å². The van der Waals surface area contributed by atoms with Gasteiger partial charge < -0.3 is 4.74 Å². The van der Waals surface area contributed by atoms with Crippen LogP contribution in [0.25, 0.3) is 5.78 Å². The first-order valence-electron chi connectivity index (χ1n) is 6.09. The molecule has 1 aromatic carbocycles. The molecule has 2 aromatic heterocycles. The highest BCUT2D eigenvalue weighted by Gasteiger charge is 2.10. The second-order valence-electron chi connectivity index (χ2n) is 4.25. The van der Waals surface area contributed by atoms with Crippen LogP contribution in [0.3, 0.4) is 0 Å². The number of fused-ring (bicyclic) bond motifs is 1. The maximum Gasteiger partial charge on any atom is 0.252 e. The lowest BCUT2D eigenvalue weighted by Crippen LogP contribution is -2.06. The number of hydrogen-bond donors (Lipinski definition) is 0. The number of hydrogen-bond acceptors (Lipinski definition) is 5. The topological polar surface area (TPSA) is 76.1 Å². The molecule has 0 spiro atoms. The van der Waals surface area contributed by atoms with Crippen LogP contribution in [0.4, 0.5) is 0 Å². The Balaban J connectivity index is 1.80. The fraction of sp³-hybridized carbons (Fsp3) is 0.143. The van der Waals surface area contributed by atoms with Crippen LogP contribution < -0.4 is 4.74 Å². The van der Waals surface area contributed by atoms with Crippen molar-refractivity contribution in [1.82, 2.24) is 19.6 Å². The minimum absolute atomic E-state index is 0.218. The van der Waals surface area contributed by atoms with Crippen LogP contribution in [0.1, 0.15) is 24.3 Å². The van der Waals surface area contributed by atoms with Crippen molar-refractivity contribution in [1.29, 1.82) is 5.26 Å². The standard InChI is InChI=1S/C14H11N5O/c1-10(20-12-4-2-11(8-15)3-5-12)13-6-7-19-14(18-13)16-9-17-19/h2-7,9-10H,1H3. The molecule has 2 heterocycles. The molecule has 20 heavy (non-hydrogen) atoms. The van der Waals surface area contributed by atoms with Crippen molar-refractivity contribution in [3.05, 3.63) is 54.1 Å². The maximum atomic E-state index is 8.75.